The van der Waals surface area contributed by atoms with Crippen molar-refractivity contribution in [1.82, 2.24) is 10.2 Å². The number of rotatable bonds is 6. The third-order valence-corrected chi connectivity index (χ3v) is 5.23. The van der Waals surface area contributed by atoms with E-state index in [4.69, 9.17) is 11.6 Å². The van der Waals surface area contributed by atoms with Crippen molar-refractivity contribution in [3.8, 4) is 0 Å². The number of carbonyl (C=O) groups excluding carboxylic acids is 2. The minimum Gasteiger partial charge on any atom is -0.350 e. The topological polar surface area (TPSA) is 49.4 Å². The molecule has 2 aromatic rings. The largest absolute Gasteiger partial charge is 0.350 e. The molecular formula is C22H23ClN2O2. The number of halogens is 1. The average Bonchev–Trinajstić information content (AvgIpc) is 2.66. The van der Waals surface area contributed by atoms with E-state index in [1.165, 1.54) is 0 Å². The van der Waals surface area contributed by atoms with Crippen LogP contribution in [0.4, 0.5) is 0 Å². The van der Waals surface area contributed by atoms with E-state index in [0.717, 1.165) is 11.1 Å². The Kier molecular flexibility index (Phi) is 5.97. The van der Waals surface area contributed by atoms with Crippen LogP contribution in [0.3, 0.4) is 0 Å². The molecule has 1 saturated heterocycles. The number of likely N-dealkylation sites (tertiary alicyclic amines) is 1. The molecule has 1 atom stereocenters. The van der Waals surface area contributed by atoms with Crippen molar-refractivity contribution < 1.29 is 9.59 Å². The van der Waals surface area contributed by atoms with Crippen LogP contribution in [0.1, 0.15) is 30.9 Å². The lowest BCUT2D eigenvalue weighted by Crippen LogP contribution is -2.67. The minimum atomic E-state index is -0.774. The van der Waals surface area contributed by atoms with Crippen LogP contribution in [-0.2, 0) is 16.1 Å². The second kappa shape index (κ2) is 8.40. The fourth-order valence-electron chi connectivity index (χ4n) is 3.14. The van der Waals surface area contributed by atoms with Gasteiger partial charge in [0.05, 0.1) is 0 Å². The zero-order valence-electron chi connectivity index (χ0n) is 15.3. The van der Waals surface area contributed by atoms with Crippen molar-refractivity contribution >= 4 is 29.5 Å². The van der Waals surface area contributed by atoms with E-state index in [1.807, 2.05) is 61.5 Å². The minimum absolute atomic E-state index is 0.0300. The SMILES string of the molecule is CC1(C(=O)NCc2ccc(Cl)cc2)CCN1C(=O)C/C=C/c1ccccc1. The number of hydrogen-bond acceptors (Lipinski definition) is 2. The van der Waals surface area contributed by atoms with Crippen molar-refractivity contribution in [2.24, 2.45) is 0 Å². The Hall–Kier alpha value is -2.59. The Morgan fingerprint density at radius 1 is 1.15 bits per heavy atom. The molecule has 1 aliphatic rings. The summed E-state index contributed by atoms with van der Waals surface area (Å²) in [5, 5.41) is 3.60. The quantitative estimate of drug-likeness (QED) is 0.819. The summed E-state index contributed by atoms with van der Waals surface area (Å²) in [7, 11) is 0. The van der Waals surface area contributed by atoms with Gasteiger partial charge in [0.25, 0.3) is 0 Å². The second-order valence-corrected chi connectivity index (χ2v) is 7.33. The molecular weight excluding hydrogens is 360 g/mol. The first-order chi connectivity index (χ1) is 13.0. The maximum atomic E-state index is 12.6. The molecule has 3 rings (SSSR count). The lowest BCUT2D eigenvalue weighted by molar-refractivity contribution is -0.157. The maximum absolute atomic E-state index is 12.6. The van der Waals surface area contributed by atoms with Gasteiger partial charge in [0.15, 0.2) is 0 Å². The number of benzene rings is 2. The summed E-state index contributed by atoms with van der Waals surface area (Å²) in [6.07, 6.45) is 4.74. The second-order valence-electron chi connectivity index (χ2n) is 6.90. The predicted octanol–water partition coefficient (Wildman–Crippen LogP) is 4.05. The fourth-order valence-corrected chi connectivity index (χ4v) is 3.27. The Morgan fingerprint density at radius 2 is 1.85 bits per heavy atom. The van der Waals surface area contributed by atoms with Gasteiger partial charge in [0, 0.05) is 24.5 Å². The summed E-state index contributed by atoms with van der Waals surface area (Å²) in [5.74, 6) is -0.151. The Bertz CT molecular complexity index is 833. The van der Waals surface area contributed by atoms with Gasteiger partial charge in [0.2, 0.25) is 11.8 Å². The number of nitrogens with zero attached hydrogens (tertiary/aromatic N) is 1. The molecule has 1 heterocycles. The fraction of sp³-hybridized carbons (Fsp3) is 0.273. The third kappa shape index (κ3) is 4.58. The van der Waals surface area contributed by atoms with Gasteiger partial charge in [-0.25, -0.2) is 0 Å². The van der Waals surface area contributed by atoms with Crippen LogP contribution >= 0.6 is 11.6 Å². The highest BCUT2D eigenvalue weighted by atomic mass is 35.5. The molecule has 1 unspecified atom stereocenters. The molecule has 1 N–H and O–H groups in total. The van der Waals surface area contributed by atoms with Gasteiger partial charge in [-0.05, 0) is 36.6 Å². The standard InChI is InChI=1S/C22H23ClN2O2/c1-22(21(27)24-16-18-10-12-19(23)13-11-18)14-15-25(22)20(26)9-5-8-17-6-3-2-4-7-17/h2-8,10-13H,9,14-16H2,1H3,(H,24,27)/b8-5+. The molecule has 2 aromatic carbocycles. The van der Waals surface area contributed by atoms with Gasteiger partial charge in [0.1, 0.15) is 5.54 Å². The molecule has 1 aliphatic heterocycles. The van der Waals surface area contributed by atoms with Gasteiger partial charge in [-0.3, -0.25) is 9.59 Å². The molecule has 27 heavy (non-hydrogen) atoms. The van der Waals surface area contributed by atoms with Gasteiger partial charge in [-0.1, -0.05) is 66.2 Å². The molecule has 2 amide bonds. The number of carbonyl (C=O) groups is 2. The zero-order valence-corrected chi connectivity index (χ0v) is 16.1. The first-order valence-electron chi connectivity index (χ1n) is 9.04. The lowest BCUT2D eigenvalue weighted by atomic mass is 9.85. The number of hydrogen-bond donors (Lipinski definition) is 1. The van der Waals surface area contributed by atoms with Crippen LogP contribution in [0.2, 0.25) is 5.02 Å². The van der Waals surface area contributed by atoms with Crippen molar-refractivity contribution in [2.45, 2.75) is 31.8 Å². The highest BCUT2D eigenvalue weighted by Gasteiger charge is 2.48. The molecule has 0 spiro atoms. The molecule has 0 radical (unpaired) electrons. The Labute approximate surface area is 164 Å². The van der Waals surface area contributed by atoms with Crippen LogP contribution in [0.15, 0.2) is 60.7 Å². The molecule has 0 bridgehead atoms. The summed E-state index contributed by atoms with van der Waals surface area (Å²) >= 11 is 5.88. The normalized spacial score (nSPS) is 19.0. The van der Waals surface area contributed by atoms with Crippen LogP contribution in [0, 0.1) is 0 Å². The van der Waals surface area contributed by atoms with Crippen molar-refractivity contribution in [2.75, 3.05) is 6.54 Å². The summed E-state index contributed by atoms with van der Waals surface area (Å²) in [6.45, 7) is 2.86. The number of nitrogens with one attached hydrogen (secondary N) is 1. The summed E-state index contributed by atoms with van der Waals surface area (Å²) in [6, 6.07) is 17.2. The van der Waals surface area contributed by atoms with Gasteiger partial charge in [-0.15, -0.1) is 0 Å². The van der Waals surface area contributed by atoms with Crippen LogP contribution in [0.5, 0.6) is 0 Å². The smallest absolute Gasteiger partial charge is 0.246 e. The molecule has 0 aliphatic carbocycles. The first-order valence-corrected chi connectivity index (χ1v) is 9.42. The van der Waals surface area contributed by atoms with Crippen molar-refractivity contribution in [3.05, 3.63) is 76.8 Å². The first kappa shape index (κ1) is 19.2. The highest BCUT2D eigenvalue weighted by Crippen LogP contribution is 2.31. The monoisotopic (exact) mass is 382 g/mol. The van der Waals surface area contributed by atoms with Gasteiger partial charge >= 0.3 is 0 Å². The summed E-state index contributed by atoms with van der Waals surface area (Å²) < 4.78 is 0. The summed E-state index contributed by atoms with van der Waals surface area (Å²) in [5.41, 5.74) is 1.25. The van der Waals surface area contributed by atoms with E-state index in [2.05, 4.69) is 5.32 Å². The van der Waals surface area contributed by atoms with Crippen molar-refractivity contribution in [1.29, 1.82) is 0 Å². The molecule has 4 nitrogen and oxygen atoms in total. The van der Waals surface area contributed by atoms with Gasteiger partial charge < -0.3 is 10.2 Å². The van der Waals surface area contributed by atoms with E-state index in [-0.39, 0.29) is 18.2 Å². The van der Waals surface area contributed by atoms with Crippen LogP contribution in [0.25, 0.3) is 6.08 Å². The molecule has 1 fully saturated rings. The van der Waals surface area contributed by atoms with E-state index in [0.29, 0.717) is 24.5 Å². The third-order valence-electron chi connectivity index (χ3n) is 4.98. The Balaban J connectivity index is 1.54. The molecule has 140 valence electrons. The zero-order chi connectivity index (χ0) is 19.3. The van der Waals surface area contributed by atoms with E-state index in [1.54, 1.807) is 17.0 Å². The van der Waals surface area contributed by atoms with Crippen LogP contribution < -0.4 is 5.32 Å². The lowest BCUT2D eigenvalue weighted by Gasteiger charge is -2.49. The van der Waals surface area contributed by atoms with E-state index in [9.17, 15) is 9.59 Å². The van der Waals surface area contributed by atoms with Crippen LogP contribution in [-0.4, -0.2) is 28.8 Å². The van der Waals surface area contributed by atoms with Crippen molar-refractivity contribution in [3.63, 3.8) is 0 Å². The molecule has 0 saturated carbocycles. The summed E-state index contributed by atoms with van der Waals surface area (Å²) in [4.78, 5) is 26.8. The molecule has 0 aromatic heterocycles. The van der Waals surface area contributed by atoms with E-state index < -0.39 is 5.54 Å². The number of amides is 2. The predicted molar refractivity (Wildman–Crippen MR) is 108 cm³/mol. The van der Waals surface area contributed by atoms with E-state index >= 15 is 0 Å². The molecule has 5 heteroatoms. The maximum Gasteiger partial charge on any atom is 0.246 e. The van der Waals surface area contributed by atoms with Gasteiger partial charge in [-0.2, -0.15) is 0 Å². The average molecular weight is 383 g/mol. The Morgan fingerprint density at radius 3 is 2.48 bits per heavy atom. The highest BCUT2D eigenvalue weighted by molar-refractivity contribution is 6.30.